The van der Waals surface area contributed by atoms with Crippen LogP contribution >= 0.6 is 0 Å². The van der Waals surface area contributed by atoms with Crippen molar-refractivity contribution in [3.8, 4) is 0 Å². The molecule has 1 aromatic rings. The predicted molar refractivity (Wildman–Crippen MR) is 118 cm³/mol. The van der Waals surface area contributed by atoms with Gasteiger partial charge in [0.05, 0.1) is 6.10 Å². The number of hydrogen-bond acceptors (Lipinski definition) is 5. The molecule has 6 nitrogen and oxygen atoms in total. The lowest BCUT2D eigenvalue weighted by molar-refractivity contribution is -0.152. The number of halogens is 1. The molecule has 2 unspecified atom stereocenters. The number of rotatable bonds is 4. The Hall–Kier alpha value is -2.15. The summed E-state index contributed by atoms with van der Waals surface area (Å²) in [4.78, 5) is 24.1. The third-order valence-corrected chi connectivity index (χ3v) is 4.48. The largest absolute Gasteiger partial charge is 0.461 e. The first-order valence-electron chi connectivity index (χ1n) is 11.0. The van der Waals surface area contributed by atoms with Gasteiger partial charge in [0.2, 0.25) is 0 Å². The molecule has 31 heavy (non-hydrogen) atoms. The van der Waals surface area contributed by atoms with Crippen molar-refractivity contribution in [2.24, 2.45) is 0 Å². The first-order chi connectivity index (χ1) is 14.5. The van der Waals surface area contributed by atoms with Crippen molar-refractivity contribution >= 4 is 12.1 Å². The van der Waals surface area contributed by atoms with Crippen LogP contribution in [0.25, 0.3) is 0 Å². The summed E-state index contributed by atoms with van der Waals surface area (Å²) in [5.41, 5.74) is 0.491. The highest BCUT2D eigenvalue weighted by Gasteiger charge is 2.29. The summed E-state index contributed by atoms with van der Waals surface area (Å²) in [7, 11) is 0. The van der Waals surface area contributed by atoms with Gasteiger partial charge in [-0.2, -0.15) is 0 Å². The van der Waals surface area contributed by atoms with E-state index in [1.165, 1.54) is 12.1 Å². The summed E-state index contributed by atoms with van der Waals surface area (Å²) in [6.07, 6.45) is 3.09. The highest BCUT2D eigenvalue weighted by molar-refractivity contribution is 5.81. The molecule has 0 aliphatic carbocycles. The number of aryl methyl sites for hydroxylation is 1. The van der Waals surface area contributed by atoms with Crippen LogP contribution < -0.4 is 5.32 Å². The first-order valence-corrected chi connectivity index (χ1v) is 11.0. The normalized spacial score (nSPS) is 22.0. The quantitative estimate of drug-likeness (QED) is 0.643. The Bertz CT molecular complexity index is 651. The highest BCUT2D eigenvalue weighted by Crippen LogP contribution is 2.19. The minimum Gasteiger partial charge on any atom is -0.461 e. The average Bonchev–Trinajstić information content (AvgIpc) is 2.71. The van der Waals surface area contributed by atoms with E-state index in [-0.39, 0.29) is 18.0 Å². The molecular formula is C24H38FNO5. The molecule has 1 heterocycles. The molecule has 1 amide bonds. The van der Waals surface area contributed by atoms with Gasteiger partial charge in [0.15, 0.2) is 0 Å². The molecule has 1 aliphatic rings. The Balaban J connectivity index is 0.000000500. The molecule has 3 atom stereocenters. The highest BCUT2D eigenvalue weighted by atomic mass is 19.1. The number of carbonyl (C=O) groups is 2. The second kappa shape index (κ2) is 13.3. The van der Waals surface area contributed by atoms with E-state index in [2.05, 4.69) is 12.2 Å². The maximum absolute atomic E-state index is 12.2. The van der Waals surface area contributed by atoms with E-state index in [0.29, 0.717) is 19.4 Å². The minimum atomic E-state index is -0.669. The van der Waals surface area contributed by atoms with Gasteiger partial charge < -0.3 is 19.5 Å². The zero-order valence-electron chi connectivity index (χ0n) is 19.7. The van der Waals surface area contributed by atoms with Gasteiger partial charge in [-0.25, -0.2) is 14.0 Å². The third-order valence-electron chi connectivity index (χ3n) is 4.48. The lowest BCUT2D eigenvalue weighted by Crippen LogP contribution is -2.44. The summed E-state index contributed by atoms with van der Waals surface area (Å²) in [5.74, 6) is -0.574. The average molecular weight is 440 g/mol. The lowest BCUT2D eigenvalue weighted by Gasteiger charge is -2.23. The maximum Gasteiger partial charge on any atom is 0.408 e. The zero-order chi connectivity index (χ0) is 23.4. The van der Waals surface area contributed by atoms with Crippen molar-refractivity contribution in [2.45, 2.75) is 97.5 Å². The van der Waals surface area contributed by atoms with Crippen molar-refractivity contribution in [1.82, 2.24) is 5.32 Å². The molecule has 176 valence electrons. The predicted octanol–water partition coefficient (Wildman–Crippen LogP) is 5.31. The van der Waals surface area contributed by atoms with Crippen LogP contribution in [-0.2, 0) is 19.0 Å². The molecule has 2 rings (SSSR count). The number of benzene rings is 1. The number of esters is 1. The van der Waals surface area contributed by atoms with Crippen molar-refractivity contribution in [3.05, 3.63) is 35.6 Å². The minimum absolute atomic E-state index is 0.0954. The number of alkyl carbamates (subject to hydrolysis) is 1. The van der Waals surface area contributed by atoms with Gasteiger partial charge in [-0.1, -0.05) is 24.6 Å². The SMILES string of the molecule is CCCOC1CCC[C@H](NC(=O)OC(C)(C)C)C(=O)OC(C)C1.Cc1ccc(F)cc1. The van der Waals surface area contributed by atoms with Gasteiger partial charge in [-0.05, 0) is 72.4 Å². The molecule has 0 spiro atoms. The van der Waals surface area contributed by atoms with Crippen LogP contribution in [-0.4, -0.2) is 42.5 Å². The summed E-state index contributed by atoms with van der Waals surface area (Å²) >= 11 is 0. The fourth-order valence-electron chi connectivity index (χ4n) is 3.03. The molecular weight excluding hydrogens is 401 g/mol. The Morgan fingerprint density at radius 1 is 1.23 bits per heavy atom. The Morgan fingerprint density at radius 3 is 2.42 bits per heavy atom. The van der Waals surface area contributed by atoms with E-state index < -0.39 is 23.7 Å². The fourth-order valence-corrected chi connectivity index (χ4v) is 3.03. The molecule has 1 N–H and O–H groups in total. The van der Waals surface area contributed by atoms with E-state index in [1.54, 1.807) is 32.9 Å². The van der Waals surface area contributed by atoms with E-state index >= 15 is 0 Å². The molecule has 0 radical (unpaired) electrons. The van der Waals surface area contributed by atoms with Crippen LogP contribution in [0.2, 0.25) is 0 Å². The van der Waals surface area contributed by atoms with E-state index in [9.17, 15) is 14.0 Å². The number of cyclic esters (lactones) is 1. The number of hydrogen-bond donors (Lipinski definition) is 1. The number of ether oxygens (including phenoxy) is 3. The molecule has 1 aromatic carbocycles. The van der Waals surface area contributed by atoms with Gasteiger partial charge in [0.25, 0.3) is 0 Å². The second-order valence-corrected chi connectivity index (χ2v) is 8.90. The lowest BCUT2D eigenvalue weighted by atomic mass is 10.0. The molecule has 7 heteroatoms. The van der Waals surface area contributed by atoms with Gasteiger partial charge in [-0.3, -0.25) is 0 Å². The number of carbonyl (C=O) groups excluding carboxylic acids is 2. The summed E-state index contributed by atoms with van der Waals surface area (Å²) in [6.45, 7) is 11.9. The Kier molecular flexibility index (Phi) is 11.5. The second-order valence-electron chi connectivity index (χ2n) is 8.90. The molecule has 0 bridgehead atoms. The third kappa shape index (κ3) is 12.3. The van der Waals surface area contributed by atoms with E-state index in [1.807, 2.05) is 13.8 Å². The molecule has 0 aromatic heterocycles. The Labute approximate surface area is 185 Å². The Morgan fingerprint density at radius 2 is 1.87 bits per heavy atom. The summed E-state index contributed by atoms with van der Waals surface area (Å²) in [6, 6.07) is 5.73. The topological polar surface area (TPSA) is 73.9 Å². The number of amides is 1. The van der Waals surface area contributed by atoms with Crippen LogP contribution in [0.4, 0.5) is 9.18 Å². The van der Waals surface area contributed by atoms with Crippen molar-refractivity contribution in [3.63, 3.8) is 0 Å². The van der Waals surface area contributed by atoms with Gasteiger partial charge >= 0.3 is 12.1 Å². The summed E-state index contributed by atoms with van der Waals surface area (Å²) < 4.78 is 28.5. The molecule has 1 aliphatic heterocycles. The number of nitrogens with one attached hydrogen (secondary N) is 1. The standard InChI is InChI=1S/C17H31NO5.C7H7F/c1-6-10-21-13-8-7-9-14(15(19)22-12(2)11-13)18-16(20)23-17(3,4)5;1-6-2-4-7(8)5-3-6/h12-14H,6-11H2,1-5H3,(H,18,20);2-5H,1H3/t12?,13?,14-;/m0./s1. The van der Waals surface area contributed by atoms with Crippen LogP contribution in [0.1, 0.15) is 72.3 Å². The van der Waals surface area contributed by atoms with Crippen LogP contribution in [0.5, 0.6) is 0 Å². The van der Waals surface area contributed by atoms with Crippen LogP contribution in [0.15, 0.2) is 24.3 Å². The maximum atomic E-state index is 12.2. The van der Waals surface area contributed by atoms with Crippen LogP contribution in [0, 0.1) is 12.7 Å². The van der Waals surface area contributed by atoms with E-state index in [0.717, 1.165) is 24.8 Å². The summed E-state index contributed by atoms with van der Waals surface area (Å²) in [5, 5.41) is 2.62. The zero-order valence-corrected chi connectivity index (χ0v) is 19.7. The van der Waals surface area contributed by atoms with Crippen LogP contribution in [0.3, 0.4) is 0 Å². The van der Waals surface area contributed by atoms with Crippen molar-refractivity contribution in [2.75, 3.05) is 6.61 Å². The first kappa shape index (κ1) is 26.9. The molecule has 1 fully saturated rings. The smallest absolute Gasteiger partial charge is 0.408 e. The fraction of sp³-hybridized carbons (Fsp3) is 0.667. The monoisotopic (exact) mass is 439 g/mol. The molecule has 1 saturated heterocycles. The molecule has 0 saturated carbocycles. The van der Waals surface area contributed by atoms with E-state index in [4.69, 9.17) is 14.2 Å². The van der Waals surface area contributed by atoms with Gasteiger partial charge in [-0.15, -0.1) is 0 Å². The van der Waals surface area contributed by atoms with Crippen molar-refractivity contribution in [1.29, 1.82) is 0 Å². The van der Waals surface area contributed by atoms with Gasteiger partial charge in [0.1, 0.15) is 23.6 Å². The van der Waals surface area contributed by atoms with Gasteiger partial charge in [0, 0.05) is 13.0 Å². The van der Waals surface area contributed by atoms with Crippen molar-refractivity contribution < 1.29 is 28.2 Å².